The number of aromatic nitrogens is 1. The van der Waals surface area contributed by atoms with Crippen LogP contribution in [0.25, 0.3) is 0 Å². The summed E-state index contributed by atoms with van der Waals surface area (Å²) in [6.07, 6.45) is 0. The van der Waals surface area contributed by atoms with Crippen LogP contribution < -0.4 is 5.32 Å². The van der Waals surface area contributed by atoms with Crippen molar-refractivity contribution >= 4 is 11.9 Å². The Kier molecular flexibility index (Phi) is 5.67. The number of nitrogens with one attached hydrogen (secondary N) is 1. The molecule has 0 aliphatic heterocycles. The van der Waals surface area contributed by atoms with Crippen molar-refractivity contribution in [3.8, 4) is 0 Å². The van der Waals surface area contributed by atoms with Crippen LogP contribution in [0.5, 0.6) is 0 Å². The summed E-state index contributed by atoms with van der Waals surface area (Å²) in [6.45, 7) is 9.06. The van der Waals surface area contributed by atoms with Crippen LogP contribution in [-0.2, 0) is 0 Å². The van der Waals surface area contributed by atoms with Crippen LogP contribution in [-0.4, -0.2) is 28.5 Å². The van der Waals surface area contributed by atoms with Crippen molar-refractivity contribution in [3.05, 3.63) is 29.6 Å². The van der Waals surface area contributed by atoms with Crippen LogP contribution in [0.4, 0.5) is 0 Å². The number of nitrogens with zero attached hydrogens (tertiary/aromatic N) is 1. The first-order chi connectivity index (χ1) is 9.32. The molecule has 0 aliphatic rings. The summed E-state index contributed by atoms with van der Waals surface area (Å²) in [5, 5.41) is 11.7. The van der Waals surface area contributed by atoms with Crippen LogP contribution in [0.1, 0.15) is 48.7 Å². The first-order valence-electron chi connectivity index (χ1n) is 6.81. The van der Waals surface area contributed by atoms with Gasteiger partial charge in [0.15, 0.2) is 0 Å². The van der Waals surface area contributed by atoms with Gasteiger partial charge in [-0.1, -0.05) is 33.8 Å². The van der Waals surface area contributed by atoms with Gasteiger partial charge >= 0.3 is 5.97 Å². The molecular weight excluding hydrogens is 256 g/mol. The van der Waals surface area contributed by atoms with E-state index < -0.39 is 5.97 Å². The Balaban J connectivity index is 2.72. The highest BCUT2D eigenvalue weighted by Crippen LogP contribution is 2.19. The number of carboxylic acids is 1. The van der Waals surface area contributed by atoms with Gasteiger partial charge < -0.3 is 10.4 Å². The molecule has 0 bridgehead atoms. The van der Waals surface area contributed by atoms with Crippen molar-refractivity contribution in [3.63, 3.8) is 0 Å². The number of amides is 1. The number of aromatic carboxylic acids is 1. The van der Waals surface area contributed by atoms with Crippen molar-refractivity contribution in [2.75, 3.05) is 6.54 Å². The summed E-state index contributed by atoms with van der Waals surface area (Å²) in [7, 11) is 0. The van der Waals surface area contributed by atoms with Gasteiger partial charge in [-0.05, 0) is 29.9 Å². The van der Waals surface area contributed by atoms with Crippen LogP contribution in [0, 0.1) is 17.8 Å². The standard InChI is InChI=1S/C15H22N2O3/c1-9(2)11(10(3)4)8-16-14(18)12-6-5-7-13(17-12)15(19)20/h5-7,9-11H,8H2,1-4H3,(H,16,18)(H,19,20). The van der Waals surface area contributed by atoms with Gasteiger partial charge in [0, 0.05) is 6.54 Å². The van der Waals surface area contributed by atoms with Crippen molar-refractivity contribution in [2.24, 2.45) is 17.8 Å². The highest BCUT2D eigenvalue weighted by atomic mass is 16.4. The molecule has 0 unspecified atom stereocenters. The van der Waals surface area contributed by atoms with E-state index in [4.69, 9.17) is 5.11 Å². The van der Waals surface area contributed by atoms with Gasteiger partial charge in [0.25, 0.3) is 5.91 Å². The zero-order chi connectivity index (χ0) is 15.3. The molecular formula is C15H22N2O3. The lowest BCUT2D eigenvalue weighted by Gasteiger charge is -2.24. The second-order valence-corrected chi connectivity index (χ2v) is 5.58. The average Bonchev–Trinajstić information content (AvgIpc) is 2.38. The van der Waals surface area contributed by atoms with Crippen LogP contribution in [0.3, 0.4) is 0 Å². The normalized spacial score (nSPS) is 11.2. The number of carboxylic acid groups (broad SMARTS) is 1. The van der Waals surface area contributed by atoms with Gasteiger partial charge in [-0.2, -0.15) is 0 Å². The molecule has 1 aromatic heterocycles. The summed E-state index contributed by atoms with van der Waals surface area (Å²) in [5.74, 6) is -0.162. The summed E-state index contributed by atoms with van der Waals surface area (Å²) in [6, 6.07) is 4.40. The second-order valence-electron chi connectivity index (χ2n) is 5.58. The Morgan fingerprint density at radius 1 is 1.15 bits per heavy atom. The third-order valence-corrected chi connectivity index (χ3v) is 3.41. The first kappa shape index (κ1) is 16.1. The Labute approximate surface area is 119 Å². The zero-order valence-corrected chi connectivity index (χ0v) is 12.4. The monoisotopic (exact) mass is 278 g/mol. The largest absolute Gasteiger partial charge is 0.477 e. The quantitative estimate of drug-likeness (QED) is 0.837. The summed E-state index contributed by atoms with van der Waals surface area (Å²) in [5.41, 5.74) is 0.0121. The van der Waals surface area contributed by atoms with Crippen LogP contribution in [0.15, 0.2) is 18.2 Å². The van der Waals surface area contributed by atoms with Gasteiger partial charge in [0.2, 0.25) is 0 Å². The number of pyridine rings is 1. The SMILES string of the molecule is CC(C)C(CNC(=O)c1cccc(C(=O)O)n1)C(C)C. The molecule has 0 aliphatic carbocycles. The molecule has 0 aromatic carbocycles. The fourth-order valence-electron chi connectivity index (χ4n) is 2.22. The zero-order valence-electron chi connectivity index (χ0n) is 12.4. The molecule has 1 heterocycles. The predicted molar refractivity (Wildman–Crippen MR) is 76.7 cm³/mol. The van der Waals surface area contributed by atoms with Crippen molar-refractivity contribution in [1.82, 2.24) is 10.3 Å². The number of hydrogen-bond donors (Lipinski definition) is 2. The molecule has 0 saturated carbocycles. The van der Waals surface area contributed by atoms with Gasteiger partial charge in [-0.25, -0.2) is 9.78 Å². The molecule has 20 heavy (non-hydrogen) atoms. The van der Waals surface area contributed by atoms with Crippen molar-refractivity contribution in [2.45, 2.75) is 27.7 Å². The lowest BCUT2D eigenvalue weighted by molar-refractivity contribution is 0.0690. The molecule has 0 saturated heterocycles. The number of rotatable bonds is 6. The minimum atomic E-state index is -1.14. The van der Waals surface area contributed by atoms with Crippen LogP contribution in [0.2, 0.25) is 0 Å². The van der Waals surface area contributed by atoms with Crippen LogP contribution >= 0.6 is 0 Å². The molecule has 0 spiro atoms. The molecule has 110 valence electrons. The molecule has 0 atom stereocenters. The molecule has 2 N–H and O–H groups in total. The third-order valence-electron chi connectivity index (χ3n) is 3.41. The molecule has 5 heteroatoms. The predicted octanol–water partition coefficient (Wildman–Crippen LogP) is 2.44. The number of hydrogen-bond acceptors (Lipinski definition) is 3. The molecule has 0 radical (unpaired) electrons. The van der Waals surface area contributed by atoms with E-state index >= 15 is 0 Å². The topological polar surface area (TPSA) is 79.3 Å². The van der Waals surface area contributed by atoms with E-state index in [0.717, 1.165) is 0 Å². The van der Waals surface area contributed by atoms with E-state index in [9.17, 15) is 9.59 Å². The Morgan fingerprint density at radius 3 is 2.20 bits per heavy atom. The lowest BCUT2D eigenvalue weighted by atomic mass is 9.85. The molecule has 1 amide bonds. The highest BCUT2D eigenvalue weighted by Gasteiger charge is 2.19. The summed E-state index contributed by atoms with van der Waals surface area (Å²) < 4.78 is 0. The minimum absolute atomic E-state index is 0.123. The van der Waals surface area contributed by atoms with E-state index in [1.807, 2.05) is 0 Å². The fourth-order valence-corrected chi connectivity index (χ4v) is 2.22. The van der Waals surface area contributed by atoms with E-state index in [2.05, 4.69) is 38.0 Å². The maximum Gasteiger partial charge on any atom is 0.354 e. The lowest BCUT2D eigenvalue weighted by Crippen LogP contribution is -2.34. The van der Waals surface area contributed by atoms with E-state index in [-0.39, 0.29) is 17.3 Å². The molecule has 1 aromatic rings. The summed E-state index contributed by atoms with van der Waals surface area (Å²) in [4.78, 5) is 26.7. The molecule has 5 nitrogen and oxygen atoms in total. The number of carbonyl (C=O) groups is 2. The van der Waals surface area contributed by atoms with Crippen molar-refractivity contribution < 1.29 is 14.7 Å². The van der Waals surface area contributed by atoms with E-state index in [1.165, 1.54) is 18.2 Å². The van der Waals surface area contributed by atoms with E-state index in [1.54, 1.807) is 0 Å². The number of carbonyl (C=O) groups excluding carboxylic acids is 1. The molecule has 1 rings (SSSR count). The Hall–Kier alpha value is -1.91. The first-order valence-corrected chi connectivity index (χ1v) is 6.81. The summed E-state index contributed by atoms with van der Waals surface area (Å²) >= 11 is 0. The smallest absolute Gasteiger partial charge is 0.354 e. The van der Waals surface area contributed by atoms with Gasteiger partial charge in [-0.3, -0.25) is 4.79 Å². The Morgan fingerprint density at radius 2 is 1.70 bits per heavy atom. The van der Waals surface area contributed by atoms with Gasteiger partial charge in [-0.15, -0.1) is 0 Å². The molecule has 0 fully saturated rings. The fraction of sp³-hybridized carbons (Fsp3) is 0.533. The van der Waals surface area contributed by atoms with Gasteiger partial charge in [0.1, 0.15) is 11.4 Å². The third kappa shape index (κ3) is 4.33. The Bertz CT molecular complexity index is 476. The van der Waals surface area contributed by atoms with Crippen molar-refractivity contribution in [1.29, 1.82) is 0 Å². The van der Waals surface area contributed by atoms with Gasteiger partial charge in [0.05, 0.1) is 0 Å². The second kappa shape index (κ2) is 7.03. The maximum atomic E-state index is 12.0. The highest BCUT2D eigenvalue weighted by molar-refractivity contribution is 5.94. The average molecular weight is 278 g/mol. The maximum absolute atomic E-state index is 12.0. The van der Waals surface area contributed by atoms with E-state index in [0.29, 0.717) is 24.3 Å². The minimum Gasteiger partial charge on any atom is -0.477 e.